The zero-order valence-corrected chi connectivity index (χ0v) is 24.3. The number of hydrogen-bond donors (Lipinski definition) is 3. The van der Waals surface area contributed by atoms with Gasteiger partial charge in [-0.1, -0.05) is 55.8 Å². The summed E-state index contributed by atoms with van der Waals surface area (Å²) in [5.41, 5.74) is 10.6. The Morgan fingerprint density at radius 2 is 1.70 bits per heavy atom. The van der Waals surface area contributed by atoms with Crippen LogP contribution in [0.3, 0.4) is 0 Å². The van der Waals surface area contributed by atoms with Crippen LogP contribution in [0.4, 0.5) is 0 Å². The van der Waals surface area contributed by atoms with Crippen LogP contribution in [0.2, 0.25) is 0 Å². The number of H-pyrrole nitrogens is 1. The molecule has 2 fully saturated rings. The number of nitrogens with zero attached hydrogens (tertiary/aromatic N) is 4. The highest BCUT2D eigenvalue weighted by Crippen LogP contribution is 2.41. The predicted molar refractivity (Wildman–Crippen MR) is 161 cm³/mol. The predicted octanol–water partition coefficient (Wildman–Crippen LogP) is 4.81. The Hall–Kier alpha value is -3.49. The smallest absolute Gasteiger partial charge is 0.254 e. The number of aryl methyl sites for hydroxylation is 1. The molecule has 2 aromatic carbocycles. The number of nitrogens with one attached hydrogen (secondary N) is 2. The minimum Gasteiger partial charge on any atom is -0.386 e. The molecule has 2 aliphatic heterocycles. The highest BCUT2D eigenvalue weighted by atomic mass is 16.2. The van der Waals surface area contributed by atoms with E-state index in [4.69, 9.17) is 11.1 Å². The number of amides is 1. The lowest BCUT2D eigenvalue weighted by Gasteiger charge is -2.39. The Labute approximate surface area is 239 Å². The molecule has 1 amide bonds. The van der Waals surface area contributed by atoms with E-state index in [1.54, 1.807) is 17.3 Å². The normalized spacial score (nSPS) is 16.9. The molecule has 0 saturated carbocycles. The molecule has 1 aromatic heterocycles. The first-order chi connectivity index (χ1) is 19.4. The largest absolute Gasteiger partial charge is 0.386 e. The van der Waals surface area contributed by atoms with Crippen LogP contribution in [-0.4, -0.2) is 69.1 Å². The van der Waals surface area contributed by atoms with Crippen LogP contribution in [0.25, 0.3) is 0 Å². The zero-order chi connectivity index (χ0) is 28.5. The van der Waals surface area contributed by atoms with Crippen LogP contribution in [-0.2, 0) is 19.6 Å². The summed E-state index contributed by atoms with van der Waals surface area (Å²) < 4.78 is 0. The van der Waals surface area contributed by atoms with Crippen LogP contribution in [0.1, 0.15) is 66.0 Å². The average Bonchev–Trinajstić information content (AvgIpc) is 3.61. The maximum absolute atomic E-state index is 13.1. The minimum absolute atomic E-state index is 0.0505. The Balaban J connectivity index is 0.00000181. The van der Waals surface area contributed by atoms with Gasteiger partial charge in [-0.3, -0.25) is 20.0 Å². The van der Waals surface area contributed by atoms with Crippen molar-refractivity contribution in [3.63, 3.8) is 0 Å². The molecule has 1 spiro atoms. The van der Waals surface area contributed by atoms with Crippen LogP contribution in [0.5, 0.6) is 0 Å². The molecule has 40 heavy (non-hydrogen) atoms. The molecule has 0 unspecified atom stereocenters. The van der Waals surface area contributed by atoms with Gasteiger partial charge in [-0.2, -0.15) is 0 Å². The first-order valence-electron chi connectivity index (χ1n) is 14.6. The number of rotatable bonds is 9. The standard InChI is InChI=1S/C30H39N7O.C2H6/c1-23-3-2-4-25(17-23)19-35-14-9-30(10-15-35)11-16-36(22-30)18-24-5-7-26(8-6-24)29(38)37(20-27(31)32)21-28-33-12-13-34-28;1-2/h2-8,12-13,17H,9-11,14-16,18-22H2,1H3,(H3,31,32)(H,33,34);1-2H3. The second-order valence-electron chi connectivity index (χ2n) is 11.1. The van der Waals surface area contributed by atoms with Gasteiger partial charge in [0.15, 0.2) is 0 Å². The van der Waals surface area contributed by atoms with E-state index in [9.17, 15) is 4.79 Å². The lowest BCUT2D eigenvalue weighted by molar-refractivity contribution is 0.0764. The summed E-state index contributed by atoms with van der Waals surface area (Å²) in [5, 5.41) is 7.67. The van der Waals surface area contributed by atoms with E-state index in [1.807, 2.05) is 26.0 Å². The van der Waals surface area contributed by atoms with Gasteiger partial charge in [0, 0.05) is 37.6 Å². The molecule has 214 valence electrons. The van der Waals surface area contributed by atoms with E-state index in [0.717, 1.165) is 26.2 Å². The first kappa shape index (κ1) is 29.5. The van der Waals surface area contributed by atoms with Crippen LogP contribution in [0.15, 0.2) is 60.9 Å². The Bertz CT molecular complexity index is 1230. The van der Waals surface area contributed by atoms with Gasteiger partial charge < -0.3 is 15.6 Å². The molecule has 4 N–H and O–H groups in total. The number of benzene rings is 2. The molecule has 2 aliphatic rings. The summed E-state index contributed by atoms with van der Waals surface area (Å²) >= 11 is 0. The zero-order valence-electron chi connectivity index (χ0n) is 24.3. The van der Waals surface area contributed by atoms with Crippen LogP contribution >= 0.6 is 0 Å². The molecule has 3 heterocycles. The lowest BCUT2D eigenvalue weighted by atomic mass is 9.77. The fraction of sp³-hybridized carbons (Fsp3) is 0.469. The van der Waals surface area contributed by atoms with Gasteiger partial charge in [0.2, 0.25) is 0 Å². The van der Waals surface area contributed by atoms with E-state index >= 15 is 0 Å². The molecule has 8 heteroatoms. The summed E-state index contributed by atoms with van der Waals surface area (Å²) in [7, 11) is 0. The Kier molecular flexibility index (Phi) is 10.1. The maximum Gasteiger partial charge on any atom is 0.254 e. The number of carbonyl (C=O) groups is 1. The quantitative estimate of drug-likeness (QED) is 0.265. The summed E-state index contributed by atoms with van der Waals surface area (Å²) in [5.74, 6) is 0.464. The van der Waals surface area contributed by atoms with Crippen molar-refractivity contribution in [1.29, 1.82) is 5.41 Å². The Morgan fingerprint density at radius 1 is 1.02 bits per heavy atom. The number of likely N-dealkylation sites (tertiary alicyclic amines) is 2. The van der Waals surface area contributed by atoms with Gasteiger partial charge in [0.05, 0.1) is 13.1 Å². The van der Waals surface area contributed by atoms with Crippen LogP contribution < -0.4 is 5.73 Å². The van der Waals surface area contributed by atoms with Gasteiger partial charge >= 0.3 is 0 Å². The summed E-state index contributed by atoms with van der Waals surface area (Å²) in [6, 6.07) is 16.8. The summed E-state index contributed by atoms with van der Waals surface area (Å²) in [6.07, 6.45) is 7.18. The highest BCUT2D eigenvalue weighted by Gasteiger charge is 2.40. The molecular weight excluding hydrogens is 498 g/mol. The molecule has 0 radical (unpaired) electrons. The van der Waals surface area contributed by atoms with Crippen molar-refractivity contribution in [2.24, 2.45) is 11.1 Å². The average molecular weight is 544 g/mol. The lowest BCUT2D eigenvalue weighted by Crippen LogP contribution is -2.41. The molecule has 0 atom stereocenters. The van der Waals surface area contributed by atoms with E-state index in [0.29, 0.717) is 16.8 Å². The van der Waals surface area contributed by atoms with Gasteiger partial charge in [-0.25, -0.2) is 4.98 Å². The second-order valence-corrected chi connectivity index (χ2v) is 11.1. The number of imidazole rings is 1. The third-order valence-electron chi connectivity index (χ3n) is 8.07. The SMILES string of the molecule is CC.Cc1cccc(CN2CCC3(CC2)CCN(Cc2ccc(C(=O)N(CC(=N)N)Cc4ncc[nH]4)cc2)C3)c1. The number of aromatic amines is 1. The van der Waals surface area contributed by atoms with Crippen molar-refractivity contribution in [2.75, 3.05) is 32.7 Å². The van der Waals surface area contributed by atoms with E-state index in [1.165, 1.54) is 49.0 Å². The maximum atomic E-state index is 13.1. The van der Waals surface area contributed by atoms with E-state index in [2.05, 4.69) is 63.1 Å². The molecule has 0 aliphatic carbocycles. The fourth-order valence-electron chi connectivity index (χ4n) is 5.99. The Morgan fingerprint density at radius 3 is 2.33 bits per heavy atom. The van der Waals surface area contributed by atoms with Gasteiger partial charge in [0.25, 0.3) is 5.91 Å². The van der Waals surface area contributed by atoms with Gasteiger partial charge in [0.1, 0.15) is 11.7 Å². The summed E-state index contributed by atoms with van der Waals surface area (Å²) in [6.45, 7) is 13.1. The molecule has 2 saturated heterocycles. The van der Waals surface area contributed by atoms with Crippen molar-refractivity contribution in [3.8, 4) is 0 Å². The molecule has 3 aromatic rings. The number of amidine groups is 1. The number of aromatic nitrogens is 2. The molecule has 8 nitrogen and oxygen atoms in total. The highest BCUT2D eigenvalue weighted by molar-refractivity contribution is 5.96. The van der Waals surface area contributed by atoms with Crippen molar-refractivity contribution in [3.05, 3.63) is 89.0 Å². The van der Waals surface area contributed by atoms with E-state index < -0.39 is 0 Å². The number of hydrogen-bond acceptors (Lipinski definition) is 5. The van der Waals surface area contributed by atoms with Crippen LogP contribution in [0, 0.1) is 17.7 Å². The monoisotopic (exact) mass is 543 g/mol. The fourth-order valence-corrected chi connectivity index (χ4v) is 5.99. The van der Waals surface area contributed by atoms with Crippen molar-refractivity contribution in [1.82, 2.24) is 24.7 Å². The third-order valence-corrected chi connectivity index (χ3v) is 8.07. The first-order valence-corrected chi connectivity index (χ1v) is 14.6. The minimum atomic E-state index is -0.152. The van der Waals surface area contributed by atoms with Gasteiger partial charge in [-0.05, 0) is 74.5 Å². The number of nitrogens with two attached hydrogens (primary N) is 1. The number of piperidine rings is 1. The van der Waals surface area contributed by atoms with Crippen molar-refractivity contribution < 1.29 is 4.79 Å². The van der Waals surface area contributed by atoms with Crippen molar-refractivity contribution >= 4 is 11.7 Å². The number of carbonyl (C=O) groups excluding carboxylic acids is 1. The van der Waals surface area contributed by atoms with Crippen molar-refractivity contribution in [2.45, 2.75) is 59.7 Å². The third kappa shape index (κ3) is 7.79. The topological polar surface area (TPSA) is 105 Å². The molecule has 5 rings (SSSR count). The summed E-state index contributed by atoms with van der Waals surface area (Å²) in [4.78, 5) is 27.1. The van der Waals surface area contributed by atoms with E-state index in [-0.39, 0.29) is 24.8 Å². The van der Waals surface area contributed by atoms with Gasteiger partial charge in [-0.15, -0.1) is 0 Å². The second kappa shape index (κ2) is 13.7. The molecule has 0 bridgehead atoms. The molecular formula is C32H45N7O.